The van der Waals surface area contributed by atoms with Crippen molar-refractivity contribution in [3.8, 4) is 5.75 Å². The number of nitrogens with zero attached hydrogens (tertiary/aromatic N) is 1. The number of rotatable bonds is 4. The number of carbonyl (C=O) groups excluding carboxylic acids is 1. The van der Waals surface area contributed by atoms with Crippen LogP contribution in [0.1, 0.15) is 27.2 Å². The summed E-state index contributed by atoms with van der Waals surface area (Å²) >= 11 is 1.60. The molecule has 0 aliphatic rings. The highest BCUT2D eigenvalue weighted by atomic mass is 32.1. The predicted molar refractivity (Wildman–Crippen MR) is 67.6 cm³/mol. The van der Waals surface area contributed by atoms with Crippen LogP contribution in [0.5, 0.6) is 5.75 Å². The van der Waals surface area contributed by atoms with Gasteiger partial charge in [-0.05, 0) is 26.0 Å². The van der Waals surface area contributed by atoms with Crippen LogP contribution in [0.3, 0.4) is 0 Å². The Labute approximate surface area is 104 Å². The molecule has 0 N–H and O–H groups in total. The van der Waals surface area contributed by atoms with Gasteiger partial charge in [0.1, 0.15) is 12.4 Å². The number of Topliss-reactive ketones (excluding diaryl/α,β-unsaturated/α-hetero) is 1. The van der Waals surface area contributed by atoms with Crippen molar-refractivity contribution in [2.45, 2.75) is 20.5 Å². The average molecular weight is 247 g/mol. The van der Waals surface area contributed by atoms with E-state index in [1.54, 1.807) is 30.5 Å². The first-order valence-corrected chi connectivity index (χ1v) is 6.12. The number of aromatic nitrogens is 1. The summed E-state index contributed by atoms with van der Waals surface area (Å²) in [6, 6.07) is 7.28. The Kier molecular flexibility index (Phi) is 3.54. The Hall–Kier alpha value is -1.68. The van der Waals surface area contributed by atoms with Crippen molar-refractivity contribution in [1.82, 2.24) is 4.98 Å². The Morgan fingerprint density at radius 1 is 1.41 bits per heavy atom. The summed E-state index contributed by atoms with van der Waals surface area (Å²) in [5.41, 5.74) is 0.619. The summed E-state index contributed by atoms with van der Waals surface area (Å²) in [6.45, 7) is 3.95. The van der Waals surface area contributed by atoms with Crippen LogP contribution in [0, 0.1) is 6.92 Å². The normalized spacial score (nSPS) is 10.2. The highest BCUT2D eigenvalue weighted by Crippen LogP contribution is 2.21. The number of hydrogen-bond donors (Lipinski definition) is 0. The molecule has 1 aromatic heterocycles. The van der Waals surface area contributed by atoms with Gasteiger partial charge in [0.05, 0.1) is 15.4 Å². The van der Waals surface area contributed by atoms with Crippen molar-refractivity contribution < 1.29 is 9.53 Å². The fraction of sp³-hybridized carbons (Fsp3) is 0.231. The molecule has 2 aromatic rings. The van der Waals surface area contributed by atoms with Gasteiger partial charge >= 0.3 is 0 Å². The number of ketones is 1. The molecule has 3 nitrogen and oxygen atoms in total. The predicted octanol–water partition coefficient (Wildman–Crippen LogP) is 3.23. The third-order valence-electron chi connectivity index (χ3n) is 2.31. The van der Waals surface area contributed by atoms with E-state index < -0.39 is 0 Å². The number of para-hydroxylation sites is 1. The van der Waals surface area contributed by atoms with E-state index >= 15 is 0 Å². The second-order valence-electron chi connectivity index (χ2n) is 3.69. The molecular weight excluding hydrogens is 234 g/mol. The highest BCUT2D eigenvalue weighted by molar-refractivity contribution is 7.11. The number of hydrogen-bond acceptors (Lipinski definition) is 4. The lowest BCUT2D eigenvalue weighted by Gasteiger charge is -2.07. The Balaban J connectivity index is 2.11. The van der Waals surface area contributed by atoms with Crippen molar-refractivity contribution in [2.24, 2.45) is 0 Å². The quantitative estimate of drug-likeness (QED) is 0.779. The van der Waals surface area contributed by atoms with E-state index in [0.29, 0.717) is 17.9 Å². The number of aryl methyl sites for hydroxylation is 1. The smallest absolute Gasteiger partial charge is 0.163 e. The van der Waals surface area contributed by atoms with E-state index in [9.17, 15) is 4.79 Å². The molecule has 4 heteroatoms. The SMILES string of the molecule is CC(=O)c1ccccc1OCc1cnc(C)s1. The number of carbonyl (C=O) groups is 1. The minimum absolute atomic E-state index is 0.0149. The van der Waals surface area contributed by atoms with Gasteiger partial charge < -0.3 is 4.74 Å². The molecule has 0 unspecified atom stereocenters. The van der Waals surface area contributed by atoms with Crippen molar-refractivity contribution in [3.63, 3.8) is 0 Å². The van der Waals surface area contributed by atoms with E-state index in [2.05, 4.69) is 4.98 Å². The first-order valence-electron chi connectivity index (χ1n) is 5.31. The number of ether oxygens (including phenoxy) is 1. The second-order valence-corrected chi connectivity index (χ2v) is 5.01. The molecule has 0 saturated carbocycles. The molecule has 1 aromatic carbocycles. The van der Waals surface area contributed by atoms with Gasteiger partial charge in [0.2, 0.25) is 0 Å². The fourth-order valence-electron chi connectivity index (χ4n) is 1.50. The minimum atomic E-state index is 0.0149. The molecule has 17 heavy (non-hydrogen) atoms. The zero-order valence-corrected chi connectivity index (χ0v) is 10.6. The van der Waals surface area contributed by atoms with E-state index in [0.717, 1.165) is 9.88 Å². The van der Waals surface area contributed by atoms with Crippen molar-refractivity contribution in [2.75, 3.05) is 0 Å². The van der Waals surface area contributed by atoms with Crippen LogP contribution in [-0.2, 0) is 6.61 Å². The van der Waals surface area contributed by atoms with E-state index in [-0.39, 0.29) is 5.78 Å². The molecule has 0 atom stereocenters. The van der Waals surface area contributed by atoms with Crippen LogP contribution < -0.4 is 4.74 Å². The first-order chi connectivity index (χ1) is 8.16. The molecular formula is C13H13NO2S. The van der Waals surface area contributed by atoms with Gasteiger partial charge in [-0.3, -0.25) is 4.79 Å². The van der Waals surface area contributed by atoms with Crippen LogP contribution in [0.4, 0.5) is 0 Å². The minimum Gasteiger partial charge on any atom is -0.487 e. The summed E-state index contributed by atoms with van der Waals surface area (Å²) in [6.07, 6.45) is 1.80. The monoisotopic (exact) mass is 247 g/mol. The zero-order chi connectivity index (χ0) is 12.3. The molecule has 0 amide bonds. The lowest BCUT2D eigenvalue weighted by atomic mass is 10.1. The fourth-order valence-corrected chi connectivity index (χ4v) is 2.21. The van der Waals surface area contributed by atoms with Crippen molar-refractivity contribution >= 4 is 17.1 Å². The lowest BCUT2D eigenvalue weighted by molar-refractivity contribution is 0.101. The summed E-state index contributed by atoms with van der Waals surface area (Å²) in [4.78, 5) is 16.6. The molecule has 0 radical (unpaired) electrons. The summed E-state index contributed by atoms with van der Waals surface area (Å²) in [5.74, 6) is 0.645. The van der Waals surface area contributed by atoms with Crippen molar-refractivity contribution in [1.29, 1.82) is 0 Å². The third kappa shape index (κ3) is 2.91. The van der Waals surface area contributed by atoms with E-state index in [1.807, 2.05) is 25.1 Å². The van der Waals surface area contributed by atoms with Gasteiger partial charge in [-0.25, -0.2) is 4.98 Å². The van der Waals surface area contributed by atoms with Gasteiger partial charge in [0, 0.05) is 6.20 Å². The van der Waals surface area contributed by atoms with Gasteiger partial charge in [-0.2, -0.15) is 0 Å². The Bertz CT molecular complexity index is 534. The van der Waals surface area contributed by atoms with Crippen LogP contribution in [0.25, 0.3) is 0 Å². The maximum Gasteiger partial charge on any atom is 0.163 e. The lowest BCUT2D eigenvalue weighted by Crippen LogP contribution is -2.00. The molecule has 0 aliphatic heterocycles. The van der Waals surface area contributed by atoms with Crippen LogP contribution >= 0.6 is 11.3 Å². The maximum absolute atomic E-state index is 11.4. The largest absolute Gasteiger partial charge is 0.487 e. The molecule has 1 heterocycles. The van der Waals surface area contributed by atoms with Gasteiger partial charge in [0.25, 0.3) is 0 Å². The number of benzene rings is 1. The maximum atomic E-state index is 11.4. The Morgan fingerprint density at radius 3 is 2.82 bits per heavy atom. The molecule has 0 saturated heterocycles. The molecule has 2 rings (SSSR count). The molecule has 0 bridgehead atoms. The standard InChI is InChI=1S/C13H13NO2S/c1-9(15)12-5-3-4-6-13(12)16-8-11-7-14-10(2)17-11/h3-7H,8H2,1-2H3. The van der Waals surface area contributed by atoms with Crippen molar-refractivity contribution in [3.05, 3.63) is 45.9 Å². The second kappa shape index (κ2) is 5.10. The Morgan fingerprint density at radius 2 is 2.18 bits per heavy atom. The number of thiazole rings is 1. The van der Waals surface area contributed by atoms with E-state index in [4.69, 9.17) is 4.74 Å². The third-order valence-corrected chi connectivity index (χ3v) is 3.19. The average Bonchev–Trinajstić information content (AvgIpc) is 2.73. The van der Waals surface area contributed by atoms with Crippen LogP contribution in [0.2, 0.25) is 0 Å². The molecule has 0 fully saturated rings. The van der Waals surface area contributed by atoms with Crippen LogP contribution in [-0.4, -0.2) is 10.8 Å². The summed E-state index contributed by atoms with van der Waals surface area (Å²) in [7, 11) is 0. The molecule has 0 spiro atoms. The van der Waals surface area contributed by atoms with Gasteiger partial charge in [-0.15, -0.1) is 11.3 Å². The van der Waals surface area contributed by atoms with Gasteiger partial charge in [-0.1, -0.05) is 12.1 Å². The zero-order valence-electron chi connectivity index (χ0n) is 9.77. The summed E-state index contributed by atoms with van der Waals surface area (Å²) < 4.78 is 5.65. The summed E-state index contributed by atoms with van der Waals surface area (Å²) in [5, 5.41) is 1.02. The van der Waals surface area contributed by atoms with E-state index in [1.165, 1.54) is 0 Å². The highest BCUT2D eigenvalue weighted by Gasteiger charge is 2.08. The van der Waals surface area contributed by atoms with Gasteiger partial charge in [0.15, 0.2) is 5.78 Å². The first kappa shape index (κ1) is 11.8. The molecule has 88 valence electrons. The van der Waals surface area contributed by atoms with Crippen LogP contribution in [0.15, 0.2) is 30.5 Å². The molecule has 0 aliphatic carbocycles. The topological polar surface area (TPSA) is 39.2 Å².